The standard InChI is InChI=1S/C13H18Cl2FNOS/c1-9(17-3-6-19-5-2-4-18)10-7-13(16)12(15)8-11(10)14/h7-9,17-18H,2-6H2,1H3. The van der Waals surface area contributed by atoms with Crippen LogP contribution in [0.4, 0.5) is 4.39 Å². The molecular weight excluding hydrogens is 308 g/mol. The van der Waals surface area contributed by atoms with Crippen molar-refractivity contribution < 1.29 is 9.50 Å². The van der Waals surface area contributed by atoms with Crippen LogP contribution in [0.15, 0.2) is 12.1 Å². The summed E-state index contributed by atoms with van der Waals surface area (Å²) in [5.41, 5.74) is 0.712. The Bertz CT molecular complexity index is 406. The number of hydrogen-bond donors (Lipinski definition) is 2. The maximum absolute atomic E-state index is 13.4. The summed E-state index contributed by atoms with van der Waals surface area (Å²) in [6.07, 6.45) is 0.814. The molecule has 0 aromatic heterocycles. The van der Waals surface area contributed by atoms with Gasteiger partial charge in [-0.25, -0.2) is 4.39 Å². The minimum Gasteiger partial charge on any atom is -0.396 e. The van der Waals surface area contributed by atoms with Crippen molar-refractivity contribution in [1.29, 1.82) is 0 Å². The van der Waals surface area contributed by atoms with Gasteiger partial charge >= 0.3 is 0 Å². The van der Waals surface area contributed by atoms with Crippen molar-refractivity contribution in [3.8, 4) is 0 Å². The molecule has 0 bridgehead atoms. The van der Waals surface area contributed by atoms with E-state index in [-0.39, 0.29) is 17.7 Å². The van der Waals surface area contributed by atoms with Crippen LogP contribution in [-0.2, 0) is 0 Å². The van der Waals surface area contributed by atoms with Gasteiger partial charge in [-0.3, -0.25) is 0 Å². The maximum Gasteiger partial charge on any atom is 0.142 e. The molecule has 0 heterocycles. The van der Waals surface area contributed by atoms with E-state index in [1.165, 1.54) is 12.1 Å². The van der Waals surface area contributed by atoms with Gasteiger partial charge in [0, 0.05) is 30.0 Å². The Morgan fingerprint density at radius 1 is 1.32 bits per heavy atom. The molecule has 19 heavy (non-hydrogen) atoms. The second kappa shape index (κ2) is 9.03. The van der Waals surface area contributed by atoms with Gasteiger partial charge in [-0.05, 0) is 36.8 Å². The maximum atomic E-state index is 13.4. The molecular formula is C13H18Cl2FNOS. The van der Waals surface area contributed by atoms with Crippen LogP contribution in [0.2, 0.25) is 10.0 Å². The van der Waals surface area contributed by atoms with Crippen LogP contribution >= 0.6 is 35.0 Å². The second-order valence-corrected chi connectivity index (χ2v) is 6.19. The zero-order valence-corrected chi connectivity index (χ0v) is 13.1. The fourth-order valence-corrected chi connectivity index (χ4v) is 2.94. The molecule has 2 nitrogen and oxygen atoms in total. The third kappa shape index (κ3) is 5.88. The van der Waals surface area contributed by atoms with E-state index in [4.69, 9.17) is 28.3 Å². The average molecular weight is 326 g/mol. The van der Waals surface area contributed by atoms with Crippen molar-refractivity contribution in [1.82, 2.24) is 5.32 Å². The van der Waals surface area contributed by atoms with Crippen LogP contribution in [-0.4, -0.2) is 29.8 Å². The van der Waals surface area contributed by atoms with Crippen molar-refractivity contribution >= 4 is 35.0 Å². The number of thioether (sulfide) groups is 1. The van der Waals surface area contributed by atoms with E-state index >= 15 is 0 Å². The molecule has 0 fully saturated rings. The predicted octanol–water partition coefficient (Wildman–Crippen LogP) is 3.90. The first-order valence-electron chi connectivity index (χ1n) is 6.12. The van der Waals surface area contributed by atoms with Gasteiger partial charge in [0.25, 0.3) is 0 Å². The van der Waals surface area contributed by atoms with Gasteiger partial charge < -0.3 is 10.4 Å². The molecule has 0 amide bonds. The third-order valence-corrected chi connectivity index (χ3v) is 4.34. The van der Waals surface area contributed by atoms with Crippen molar-refractivity contribution in [3.05, 3.63) is 33.6 Å². The first kappa shape index (κ1) is 17.1. The topological polar surface area (TPSA) is 32.3 Å². The van der Waals surface area contributed by atoms with Crippen LogP contribution in [0.5, 0.6) is 0 Å². The van der Waals surface area contributed by atoms with Crippen LogP contribution in [0.25, 0.3) is 0 Å². The highest BCUT2D eigenvalue weighted by Crippen LogP contribution is 2.28. The molecule has 1 aromatic carbocycles. The Kier molecular flexibility index (Phi) is 8.11. The molecule has 0 aliphatic carbocycles. The van der Waals surface area contributed by atoms with E-state index in [0.717, 1.165) is 24.5 Å². The van der Waals surface area contributed by atoms with Crippen molar-refractivity contribution in [2.45, 2.75) is 19.4 Å². The third-order valence-electron chi connectivity index (χ3n) is 2.65. The quantitative estimate of drug-likeness (QED) is 0.561. The Labute approximate surface area is 127 Å². The van der Waals surface area contributed by atoms with Gasteiger partial charge in [0.2, 0.25) is 0 Å². The molecule has 0 radical (unpaired) electrons. The van der Waals surface area contributed by atoms with Crippen LogP contribution in [0.3, 0.4) is 0 Å². The van der Waals surface area contributed by atoms with E-state index < -0.39 is 5.82 Å². The summed E-state index contributed by atoms with van der Waals surface area (Å²) in [6.45, 7) is 2.97. The molecule has 0 aliphatic rings. The van der Waals surface area contributed by atoms with E-state index in [9.17, 15) is 4.39 Å². The minimum atomic E-state index is -0.452. The second-order valence-electron chi connectivity index (χ2n) is 4.15. The highest BCUT2D eigenvalue weighted by molar-refractivity contribution is 7.99. The zero-order chi connectivity index (χ0) is 14.3. The smallest absolute Gasteiger partial charge is 0.142 e. The van der Waals surface area contributed by atoms with E-state index in [2.05, 4.69) is 5.32 Å². The summed E-state index contributed by atoms with van der Waals surface area (Å²) in [4.78, 5) is 0. The number of rotatable bonds is 8. The zero-order valence-electron chi connectivity index (χ0n) is 10.8. The summed E-state index contributed by atoms with van der Waals surface area (Å²) < 4.78 is 13.4. The van der Waals surface area contributed by atoms with Crippen molar-refractivity contribution in [3.63, 3.8) is 0 Å². The lowest BCUT2D eigenvalue weighted by Gasteiger charge is -2.16. The molecule has 1 aromatic rings. The number of benzene rings is 1. The monoisotopic (exact) mass is 325 g/mol. The highest BCUT2D eigenvalue weighted by Gasteiger charge is 2.12. The van der Waals surface area contributed by atoms with Crippen LogP contribution in [0, 0.1) is 5.82 Å². The first-order valence-corrected chi connectivity index (χ1v) is 8.03. The molecule has 108 valence electrons. The van der Waals surface area contributed by atoms with Crippen molar-refractivity contribution in [2.24, 2.45) is 0 Å². The summed E-state index contributed by atoms with van der Waals surface area (Å²) in [5.74, 6) is 1.44. The van der Waals surface area contributed by atoms with Gasteiger partial charge in [0.1, 0.15) is 5.82 Å². The van der Waals surface area contributed by atoms with Gasteiger partial charge in [-0.15, -0.1) is 0 Å². The summed E-state index contributed by atoms with van der Waals surface area (Å²) in [7, 11) is 0. The van der Waals surface area contributed by atoms with Crippen LogP contribution < -0.4 is 5.32 Å². The summed E-state index contributed by atoms with van der Waals surface area (Å²) in [6, 6.07) is 2.78. The Balaban J connectivity index is 2.41. The molecule has 1 rings (SSSR count). The molecule has 0 spiro atoms. The lowest BCUT2D eigenvalue weighted by Crippen LogP contribution is -2.22. The normalized spacial score (nSPS) is 12.7. The highest BCUT2D eigenvalue weighted by atomic mass is 35.5. The summed E-state index contributed by atoms with van der Waals surface area (Å²) >= 11 is 13.5. The number of aliphatic hydroxyl groups excluding tert-OH is 1. The fraction of sp³-hybridized carbons (Fsp3) is 0.538. The Hall–Kier alpha value is -0.0000000000000000555. The number of hydrogen-bond acceptors (Lipinski definition) is 3. The largest absolute Gasteiger partial charge is 0.396 e. The van der Waals surface area contributed by atoms with Crippen LogP contribution in [0.1, 0.15) is 24.9 Å². The van der Waals surface area contributed by atoms with E-state index in [0.29, 0.717) is 10.6 Å². The number of aliphatic hydroxyl groups is 1. The molecule has 6 heteroatoms. The number of nitrogens with one attached hydrogen (secondary N) is 1. The molecule has 2 N–H and O–H groups in total. The number of halogens is 3. The lowest BCUT2D eigenvalue weighted by molar-refractivity contribution is 0.296. The minimum absolute atomic E-state index is 0.0299. The Morgan fingerprint density at radius 2 is 2.05 bits per heavy atom. The van der Waals surface area contributed by atoms with E-state index in [1.54, 1.807) is 11.8 Å². The molecule has 1 atom stereocenters. The molecule has 0 saturated carbocycles. The predicted molar refractivity (Wildman–Crippen MR) is 81.9 cm³/mol. The summed E-state index contributed by atoms with van der Waals surface area (Å²) in [5, 5.41) is 12.4. The van der Waals surface area contributed by atoms with Gasteiger partial charge in [-0.1, -0.05) is 23.2 Å². The molecule has 1 unspecified atom stereocenters. The van der Waals surface area contributed by atoms with Crippen molar-refractivity contribution in [2.75, 3.05) is 24.7 Å². The molecule has 0 aliphatic heterocycles. The SMILES string of the molecule is CC(NCCSCCCO)c1cc(F)c(Cl)cc1Cl. The Morgan fingerprint density at radius 3 is 2.74 bits per heavy atom. The average Bonchev–Trinajstić information content (AvgIpc) is 2.37. The molecule has 0 saturated heterocycles. The van der Waals surface area contributed by atoms with E-state index in [1.807, 2.05) is 6.92 Å². The van der Waals surface area contributed by atoms with Gasteiger partial charge in [0.15, 0.2) is 0 Å². The van der Waals surface area contributed by atoms with Gasteiger partial charge in [0.05, 0.1) is 5.02 Å². The fourth-order valence-electron chi connectivity index (χ4n) is 1.60. The first-order chi connectivity index (χ1) is 9.06. The van der Waals surface area contributed by atoms with Gasteiger partial charge in [-0.2, -0.15) is 11.8 Å². The lowest BCUT2D eigenvalue weighted by atomic mass is 10.1.